The van der Waals surface area contributed by atoms with Gasteiger partial charge < -0.3 is 11.1 Å². The molecule has 1 saturated carbocycles. The van der Waals surface area contributed by atoms with Crippen molar-refractivity contribution in [1.29, 1.82) is 0 Å². The Morgan fingerprint density at radius 1 is 1.04 bits per heavy atom. The molecule has 2 atom stereocenters. The highest BCUT2D eigenvalue weighted by Gasteiger charge is 2.47. The zero-order valence-electron chi connectivity index (χ0n) is 15.8. The molecule has 8 heteroatoms. The lowest BCUT2D eigenvalue weighted by molar-refractivity contribution is -0.140. The van der Waals surface area contributed by atoms with Gasteiger partial charge >= 0.3 is 0 Å². The normalized spacial score (nSPS) is 24.1. The number of carbonyl (C=O) groups excluding carboxylic acids is 4. The maximum absolute atomic E-state index is 12.5. The van der Waals surface area contributed by atoms with Crippen molar-refractivity contribution in [3.63, 3.8) is 0 Å². The number of hydrogen-bond acceptors (Lipinski definition) is 5. The molecule has 28 heavy (non-hydrogen) atoms. The van der Waals surface area contributed by atoms with Crippen molar-refractivity contribution in [2.75, 3.05) is 11.9 Å². The molecule has 1 aliphatic heterocycles. The number of nitrogens with one attached hydrogen (secondary N) is 1. The van der Waals surface area contributed by atoms with Gasteiger partial charge in [0.05, 0.1) is 17.4 Å². The minimum Gasteiger partial charge on any atom is -0.365 e. The molecule has 0 aromatic carbocycles. The largest absolute Gasteiger partial charge is 0.365 e. The van der Waals surface area contributed by atoms with Crippen molar-refractivity contribution in [3.05, 3.63) is 16.0 Å². The number of likely N-dealkylation sites (tertiary alicyclic amines) is 1. The molecule has 0 radical (unpaired) electrons. The third-order valence-corrected chi connectivity index (χ3v) is 7.37. The summed E-state index contributed by atoms with van der Waals surface area (Å²) in [5, 5.41) is 3.29. The first kappa shape index (κ1) is 19.1. The van der Waals surface area contributed by atoms with Crippen LogP contribution in [0.2, 0.25) is 0 Å². The molecule has 2 heterocycles. The topological polar surface area (TPSA) is 110 Å². The van der Waals surface area contributed by atoms with Crippen molar-refractivity contribution in [2.45, 2.75) is 57.8 Å². The van der Waals surface area contributed by atoms with E-state index in [1.807, 2.05) is 0 Å². The first-order valence-corrected chi connectivity index (χ1v) is 10.9. The summed E-state index contributed by atoms with van der Waals surface area (Å²) < 4.78 is 0. The highest BCUT2D eigenvalue weighted by atomic mass is 32.1. The van der Waals surface area contributed by atoms with E-state index >= 15 is 0 Å². The molecular formula is C20H25N3O4S. The van der Waals surface area contributed by atoms with Crippen LogP contribution in [0.4, 0.5) is 5.00 Å². The number of nitrogens with two attached hydrogens (primary N) is 1. The molecular weight excluding hydrogens is 378 g/mol. The van der Waals surface area contributed by atoms with Crippen molar-refractivity contribution in [1.82, 2.24) is 4.90 Å². The Hall–Kier alpha value is -2.22. The van der Waals surface area contributed by atoms with Gasteiger partial charge in [-0.2, -0.15) is 0 Å². The molecule has 3 N–H and O–H groups in total. The van der Waals surface area contributed by atoms with Gasteiger partial charge in [-0.1, -0.05) is 12.8 Å². The Kier molecular flexibility index (Phi) is 5.23. The predicted molar refractivity (Wildman–Crippen MR) is 105 cm³/mol. The van der Waals surface area contributed by atoms with Gasteiger partial charge in [-0.05, 0) is 44.1 Å². The van der Waals surface area contributed by atoms with Crippen LogP contribution in [-0.4, -0.2) is 35.1 Å². The number of carbonyl (C=O) groups is 4. The van der Waals surface area contributed by atoms with E-state index < -0.39 is 5.91 Å². The lowest BCUT2D eigenvalue weighted by Crippen LogP contribution is -2.34. The molecule has 4 amide bonds. The third-order valence-electron chi connectivity index (χ3n) is 6.17. The van der Waals surface area contributed by atoms with Gasteiger partial charge in [-0.3, -0.25) is 24.1 Å². The Morgan fingerprint density at radius 3 is 2.32 bits per heavy atom. The molecule has 1 aromatic rings. The van der Waals surface area contributed by atoms with E-state index in [9.17, 15) is 19.2 Å². The number of thiophene rings is 1. The number of fused-ring (bicyclic) bond motifs is 2. The maximum Gasteiger partial charge on any atom is 0.251 e. The Balaban J connectivity index is 1.41. The minimum atomic E-state index is -0.524. The summed E-state index contributed by atoms with van der Waals surface area (Å²) >= 11 is 1.41. The SMILES string of the molecule is NC(=O)c1c(NC(=O)CCN2C(=O)[C@@H]3CCCC[C@H]3C2=O)sc2c1CCCC2. The number of nitrogens with zero attached hydrogens (tertiary/aromatic N) is 1. The number of imide groups is 1. The fourth-order valence-electron chi connectivity index (χ4n) is 4.77. The van der Waals surface area contributed by atoms with Crippen LogP contribution in [0.5, 0.6) is 0 Å². The van der Waals surface area contributed by atoms with Crippen LogP contribution in [0.25, 0.3) is 0 Å². The molecule has 0 bridgehead atoms. The average Bonchev–Trinajstić information content (AvgIpc) is 3.16. The van der Waals surface area contributed by atoms with E-state index in [4.69, 9.17) is 5.73 Å². The van der Waals surface area contributed by atoms with Crippen LogP contribution in [0.3, 0.4) is 0 Å². The zero-order valence-corrected chi connectivity index (χ0v) is 16.6. The van der Waals surface area contributed by atoms with E-state index in [-0.39, 0.29) is 42.5 Å². The Morgan fingerprint density at radius 2 is 1.68 bits per heavy atom. The Labute approximate surface area is 167 Å². The molecule has 7 nitrogen and oxygen atoms in total. The van der Waals surface area contributed by atoms with E-state index in [0.717, 1.165) is 61.8 Å². The standard InChI is InChI=1S/C20H25N3O4S/c21-17(25)16-13-7-3-4-8-14(13)28-18(16)22-15(24)9-10-23-19(26)11-5-1-2-6-12(11)20(23)27/h11-12H,1-10H2,(H2,21,25)(H,22,24)/t11-,12-/m1/s1. The summed E-state index contributed by atoms with van der Waals surface area (Å²) in [6, 6.07) is 0. The summed E-state index contributed by atoms with van der Waals surface area (Å²) in [6.07, 6.45) is 7.30. The fourth-order valence-corrected chi connectivity index (χ4v) is 6.08. The number of primary amides is 1. The van der Waals surface area contributed by atoms with Gasteiger partial charge in [0.2, 0.25) is 17.7 Å². The van der Waals surface area contributed by atoms with E-state index in [2.05, 4.69) is 5.32 Å². The summed E-state index contributed by atoms with van der Waals surface area (Å²) in [5.74, 6) is -1.50. The average molecular weight is 404 g/mol. The lowest BCUT2D eigenvalue weighted by Gasteiger charge is -2.19. The van der Waals surface area contributed by atoms with E-state index in [1.54, 1.807) is 0 Å². The van der Waals surface area contributed by atoms with Gasteiger partial charge in [0, 0.05) is 17.8 Å². The van der Waals surface area contributed by atoms with Crippen molar-refractivity contribution in [2.24, 2.45) is 17.6 Å². The second kappa shape index (κ2) is 7.66. The van der Waals surface area contributed by atoms with Gasteiger partial charge in [0.25, 0.3) is 5.91 Å². The number of aryl methyl sites for hydroxylation is 1. The van der Waals surface area contributed by atoms with Crippen molar-refractivity contribution in [3.8, 4) is 0 Å². The highest BCUT2D eigenvalue weighted by molar-refractivity contribution is 7.17. The number of rotatable bonds is 5. The zero-order chi connectivity index (χ0) is 19.8. The molecule has 3 aliphatic rings. The van der Waals surface area contributed by atoms with Crippen LogP contribution in [0, 0.1) is 11.8 Å². The minimum absolute atomic E-state index is 0.0255. The van der Waals surface area contributed by atoms with Gasteiger partial charge in [0.1, 0.15) is 5.00 Å². The lowest BCUT2D eigenvalue weighted by atomic mass is 9.81. The molecule has 2 aliphatic carbocycles. The summed E-state index contributed by atoms with van der Waals surface area (Å²) in [7, 11) is 0. The molecule has 2 fully saturated rings. The Bertz CT molecular complexity index is 823. The summed E-state index contributed by atoms with van der Waals surface area (Å²) in [6.45, 7) is 0.0908. The third kappa shape index (κ3) is 3.34. The molecule has 1 aromatic heterocycles. The number of amides is 4. The van der Waals surface area contributed by atoms with Crippen LogP contribution in [-0.2, 0) is 27.2 Å². The molecule has 0 spiro atoms. The van der Waals surface area contributed by atoms with Gasteiger partial charge in [-0.15, -0.1) is 11.3 Å². The summed E-state index contributed by atoms with van der Waals surface area (Å²) in [5.41, 5.74) is 6.94. The number of anilines is 1. The van der Waals surface area contributed by atoms with Crippen LogP contribution < -0.4 is 11.1 Å². The predicted octanol–water partition coefficient (Wildman–Crippen LogP) is 2.23. The second-order valence-corrected chi connectivity index (χ2v) is 9.01. The molecule has 1 saturated heterocycles. The first-order valence-electron chi connectivity index (χ1n) is 10.1. The number of hydrogen-bond donors (Lipinski definition) is 2. The van der Waals surface area contributed by atoms with Crippen LogP contribution in [0.1, 0.15) is 65.7 Å². The fraction of sp³-hybridized carbons (Fsp3) is 0.600. The van der Waals surface area contributed by atoms with Gasteiger partial charge in [-0.25, -0.2) is 0 Å². The maximum atomic E-state index is 12.5. The van der Waals surface area contributed by atoms with Crippen molar-refractivity contribution < 1.29 is 19.2 Å². The molecule has 150 valence electrons. The highest BCUT2D eigenvalue weighted by Crippen LogP contribution is 2.39. The first-order chi connectivity index (χ1) is 13.5. The van der Waals surface area contributed by atoms with Crippen LogP contribution >= 0.6 is 11.3 Å². The smallest absolute Gasteiger partial charge is 0.251 e. The van der Waals surface area contributed by atoms with Gasteiger partial charge in [0.15, 0.2) is 0 Å². The van der Waals surface area contributed by atoms with E-state index in [0.29, 0.717) is 10.6 Å². The molecule has 4 rings (SSSR count). The van der Waals surface area contributed by atoms with Crippen molar-refractivity contribution >= 4 is 40.0 Å². The quantitative estimate of drug-likeness (QED) is 0.735. The molecule has 0 unspecified atom stereocenters. The second-order valence-electron chi connectivity index (χ2n) is 7.90. The monoisotopic (exact) mass is 403 g/mol. The summed E-state index contributed by atoms with van der Waals surface area (Å²) in [4.78, 5) is 51.8. The van der Waals surface area contributed by atoms with E-state index in [1.165, 1.54) is 16.2 Å². The van der Waals surface area contributed by atoms with Crippen LogP contribution in [0.15, 0.2) is 0 Å².